The van der Waals surface area contributed by atoms with Crippen molar-refractivity contribution in [2.24, 2.45) is 0 Å². The molecular weight excluding hydrogens is 404 g/mol. The minimum Gasteiger partial charge on any atom is -0.340 e. The SMILES string of the molecule is CC(=O)N1CCN(C(C(=O)N2CCN(Cc3cccs3)CC2)c2ccsc2)CC1. The largest absolute Gasteiger partial charge is 0.340 e. The van der Waals surface area contributed by atoms with Crippen LogP contribution in [0.3, 0.4) is 0 Å². The first kappa shape index (κ1) is 20.5. The number of amides is 2. The Bertz CT molecular complexity index is 793. The Balaban J connectivity index is 1.39. The second-order valence-corrected chi connectivity index (χ2v) is 9.49. The minimum absolute atomic E-state index is 0.116. The molecule has 6 nitrogen and oxygen atoms in total. The lowest BCUT2D eigenvalue weighted by Gasteiger charge is -2.41. The van der Waals surface area contributed by atoms with E-state index < -0.39 is 0 Å². The quantitative estimate of drug-likeness (QED) is 0.728. The number of carbonyl (C=O) groups excluding carboxylic acids is 2. The van der Waals surface area contributed by atoms with Crippen LogP contribution in [0.5, 0.6) is 0 Å². The highest BCUT2D eigenvalue weighted by atomic mass is 32.1. The fourth-order valence-electron chi connectivity index (χ4n) is 4.16. The van der Waals surface area contributed by atoms with Crippen molar-refractivity contribution in [1.82, 2.24) is 19.6 Å². The first-order chi connectivity index (χ1) is 14.1. The van der Waals surface area contributed by atoms with Crippen LogP contribution in [-0.4, -0.2) is 83.8 Å². The number of thiophene rings is 2. The van der Waals surface area contributed by atoms with Gasteiger partial charge >= 0.3 is 0 Å². The second kappa shape index (κ2) is 9.38. The molecule has 2 saturated heterocycles. The van der Waals surface area contributed by atoms with Crippen LogP contribution in [0.1, 0.15) is 23.4 Å². The van der Waals surface area contributed by atoms with Crippen molar-refractivity contribution in [1.29, 1.82) is 0 Å². The highest BCUT2D eigenvalue weighted by molar-refractivity contribution is 7.09. The van der Waals surface area contributed by atoms with E-state index in [4.69, 9.17) is 0 Å². The average Bonchev–Trinajstić information content (AvgIpc) is 3.44. The summed E-state index contributed by atoms with van der Waals surface area (Å²) in [6, 6.07) is 6.10. The Morgan fingerprint density at radius 1 is 0.966 bits per heavy atom. The first-order valence-electron chi connectivity index (χ1n) is 10.2. The topological polar surface area (TPSA) is 47.1 Å². The molecular formula is C21H28N4O2S2. The van der Waals surface area contributed by atoms with Crippen LogP contribution in [0.4, 0.5) is 0 Å². The molecule has 0 spiro atoms. The Morgan fingerprint density at radius 2 is 1.69 bits per heavy atom. The van der Waals surface area contributed by atoms with Crippen LogP contribution in [-0.2, 0) is 16.1 Å². The average molecular weight is 433 g/mol. The molecule has 0 radical (unpaired) electrons. The molecule has 1 atom stereocenters. The van der Waals surface area contributed by atoms with Crippen molar-refractivity contribution in [3.05, 3.63) is 44.8 Å². The van der Waals surface area contributed by atoms with E-state index in [1.807, 2.05) is 15.2 Å². The van der Waals surface area contributed by atoms with Crippen molar-refractivity contribution in [2.45, 2.75) is 19.5 Å². The molecule has 2 aromatic heterocycles. The smallest absolute Gasteiger partial charge is 0.244 e. The highest BCUT2D eigenvalue weighted by Gasteiger charge is 2.35. The van der Waals surface area contributed by atoms with Gasteiger partial charge in [-0.25, -0.2) is 0 Å². The molecule has 2 fully saturated rings. The third kappa shape index (κ3) is 4.88. The Morgan fingerprint density at radius 3 is 2.28 bits per heavy atom. The molecule has 1 unspecified atom stereocenters. The molecule has 4 rings (SSSR count). The molecule has 2 aromatic rings. The summed E-state index contributed by atoms with van der Waals surface area (Å²) in [6.45, 7) is 8.84. The molecule has 2 aliphatic rings. The van der Waals surface area contributed by atoms with E-state index in [1.54, 1.807) is 29.6 Å². The van der Waals surface area contributed by atoms with E-state index in [9.17, 15) is 9.59 Å². The number of nitrogens with zero attached hydrogens (tertiary/aromatic N) is 4. The predicted molar refractivity (Wildman–Crippen MR) is 117 cm³/mol. The van der Waals surface area contributed by atoms with Crippen LogP contribution >= 0.6 is 22.7 Å². The van der Waals surface area contributed by atoms with Crippen LogP contribution in [0, 0.1) is 0 Å². The summed E-state index contributed by atoms with van der Waals surface area (Å²) in [7, 11) is 0. The summed E-state index contributed by atoms with van der Waals surface area (Å²) in [5, 5.41) is 6.25. The zero-order valence-electron chi connectivity index (χ0n) is 16.8. The maximum Gasteiger partial charge on any atom is 0.244 e. The van der Waals surface area contributed by atoms with Crippen molar-refractivity contribution in [2.75, 3.05) is 52.4 Å². The molecule has 2 aliphatic heterocycles. The normalized spacial score (nSPS) is 20.0. The van der Waals surface area contributed by atoms with Gasteiger partial charge in [0.15, 0.2) is 0 Å². The molecule has 29 heavy (non-hydrogen) atoms. The fourth-order valence-corrected chi connectivity index (χ4v) is 5.58. The molecule has 0 aliphatic carbocycles. The van der Waals surface area contributed by atoms with Gasteiger partial charge in [-0.1, -0.05) is 6.07 Å². The van der Waals surface area contributed by atoms with Gasteiger partial charge in [-0.2, -0.15) is 11.3 Å². The van der Waals surface area contributed by atoms with Crippen molar-refractivity contribution >= 4 is 34.5 Å². The lowest BCUT2D eigenvalue weighted by molar-refractivity contribution is -0.141. The summed E-state index contributed by atoms with van der Waals surface area (Å²) < 4.78 is 0. The van der Waals surface area contributed by atoms with Gasteiger partial charge in [0, 0.05) is 70.7 Å². The summed E-state index contributed by atoms with van der Waals surface area (Å²) >= 11 is 3.43. The molecule has 0 saturated carbocycles. The molecule has 2 amide bonds. The third-order valence-electron chi connectivity index (χ3n) is 5.86. The van der Waals surface area contributed by atoms with Gasteiger partial charge in [0.05, 0.1) is 0 Å². The van der Waals surface area contributed by atoms with Gasteiger partial charge < -0.3 is 9.80 Å². The number of hydrogen-bond donors (Lipinski definition) is 0. The van der Waals surface area contributed by atoms with E-state index in [2.05, 4.69) is 38.8 Å². The van der Waals surface area contributed by atoms with Gasteiger partial charge in [0.2, 0.25) is 11.8 Å². The van der Waals surface area contributed by atoms with Crippen molar-refractivity contribution < 1.29 is 9.59 Å². The van der Waals surface area contributed by atoms with Crippen molar-refractivity contribution in [3.8, 4) is 0 Å². The Hall–Kier alpha value is -1.74. The molecule has 0 aromatic carbocycles. The zero-order chi connectivity index (χ0) is 20.2. The lowest BCUT2D eigenvalue weighted by Crippen LogP contribution is -2.55. The van der Waals surface area contributed by atoms with Gasteiger partial charge in [0.1, 0.15) is 6.04 Å². The number of piperazine rings is 2. The molecule has 156 valence electrons. The summed E-state index contributed by atoms with van der Waals surface area (Å²) in [5.41, 5.74) is 1.08. The first-order valence-corrected chi connectivity index (χ1v) is 12.0. The number of rotatable bonds is 5. The minimum atomic E-state index is -0.237. The third-order valence-corrected chi connectivity index (χ3v) is 7.42. The molecule has 8 heteroatoms. The lowest BCUT2D eigenvalue weighted by atomic mass is 10.1. The zero-order valence-corrected chi connectivity index (χ0v) is 18.5. The van der Waals surface area contributed by atoms with E-state index in [1.165, 1.54) is 4.88 Å². The summed E-state index contributed by atoms with van der Waals surface area (Å²) in [5.74, 6) is 0.320. The van der Waals surface area contributed by atoms with Crippen LogP contribution < -0.4 is 0 Å². The highest BCUT2D eigenvalue weighted by Crippen LogP contribution is 2.27. The second-order valence-electron chi connectivity index (χ2n) is 7.68. The molecule has 0 bridgehead atoms. The van der Waals surface area contributed by atoms with Gasteiger partial charge in [-0.15, -0.1) is 11.3 Å². The maximum atomic E-state index is 13.5. The van der Waals surface area contributed by atoms with Gasteiger partial charge in [-0.05, 0) is 33.8 Å². The predicted octanol–water partition coefficient (Wildman–Crippen LogP) is 2.36. The number of hydrogen-bond acceptors (Lipinski definition) is 6. The van der Waals surface area contributed by atoms with Gasteiger partial charge in [-0.3, -0.25) is 19.4 Å². The molecule has 0 N–H and O–H groups in total. The van der Waals surface area contributed by atoms with Crippen LogP contribution in [0.25, 0.3) is 0 Å². The fraction of sp³-hybridized carbons (Fsp3) is 0.524. The summed E-state index contributed by atoms with van der Waals surface area (Å²) in [6.07, 6.45) is 0. The van der Waals surface area contributed by atoms with Crippen LogP contribution in [0.15, 0.2) is 34.3 Å². The van der Waals surface area contributed by atoms with E-state index >= 15 is 0 Å². The Labute approximate surface area is 180 Å². The van der Waals surface area contributed by atoms with E-state index in [0.717, 1.165) is 51.4 Å². The van der Waals surface area contributed by atoms with Crippen LogP contribution in [0.2, 0.25) is 0 Å². The van der Waals surface area contributed by atoms with E-state index in [0.29, 0.717) is 13.1 Å². The van der Waals surface area contributed by atoms with Gasteiger partial charge in [0.25, 0.3) is 0 Å². The van der Waals surface area contributed by atoms with Crippen molar-refractivity contribution in [3.63, 3.8) is 0 Å². The Kier molecular flexibility index (Phi) is 6.64. The maximum absolute atomic E-state index is 13.5. The summed E-state index contributed by atoms with van der Waals surface area (Å²) in [4.78, 5) is 35.2. The molecule has 4 heterocycles. The monoisotopic (exact) mass is 432 g/mol. The van der Waals surface area contributed by atoms with E-state index in [-0.39, 0.29) is 17.9 Å². The number of carbonyl (C=O) groups is 2. The standard InChI is InChI=1S/C21H28N4O2S2/c1-17(26)23-9-11-24(12-10-23)20(18-4-14-28-16-18)21(27)25-7-5-22(6-8-25)15-19-3-2-13-29-19/h2-4,13-14,16,20H,5-12,15H2,1H3.